The van der Waals surface area contributed by atoms with Crippen molar-refractivity contribution < 1.29 is 18.0 Å². The molecule has 2 nitrogen and oxygen atoms in total. The Balaban J connectivity index is 2.09. The molecule has 0 saturated carbocycles. The molecular weight excluding hydrogens is 279 g/mol. The second-order valence-electron chi connectivity index (χ2n) is 4.77. The first-order chi connectivity index (χ1) is 9.88. The van der Waals surface area contributed by atoms with Crippen LogP contribution in [0.2, 0.25) is 0 Å². The lowest BCUT2D eigenvalue weighted by atomic mass is 9.98. The van der Waals surface area contributed by atoms with Gasteiger partial charge in [-0.1, -0.05) is 12.1 Å². The van der Waals surface area contributed by atoms with Crippen LogP contribution in [-0.4, -0.2) is 10.8 Å². The number of nitrogens with zero attached hydrogens (tertiary/aromatic N) is 1. The van der Waals surface area contributed by atoms with Crippen LogP contribution < -0.4 is 0 Å². The highest BCUT2D eigenvalue weighted by atomic mass is 19.4. The molecule has 0 atom stereocenters. The Morgan fingerprint density at radius 1 is 1.19 bits per heavy atom. The molecule has 110 valence electrons. The van der Waals surface area contributed by atoms with E-state index in [1.807, 2.05) is 12.1 Å². The Morgan fingerprint density at radius 3 is 2.52 bits per heavy atom. The molecule has 0 bridgehead atoms. The van der Waals surface area contributed by atoms with Gasteiger partial charge < -0.3 is 0 Å². The fourth-order valence-corrected chi connectivity index (χ4v) is 2.08. The second-order valence-corrected chi connectivity index (χ2v) is 4.77. The van der Waals surface area contributed by atoms with Gasteiger partial charge in [0.05, 0.1) is 5.56 Å². The Bertz CT molecular complexity index is 636. The number of aryl methyl sites for hydroxylation is 2. The van der Waals surface area contributed by atoms with Crippen molar-refractivity contribution in [3.05, 3.63) is 65.0 Å². The molecule has 1 aromatic carbocycles. The van der Waals surface area contributed by atoms with E-state index in [-0.39, 0.29) is 12.2 Å². The van der Waals surface area contributed by atoms with Crippen molar-refractivity contribution >= 4 is 5.78 Å². The minimum Gasteiger partial charge on any atom is -0.294 e. The van der Waals surface area contributed by atoms with E-state index in [0.717, 1.165) is 17.8 Å². The minimum absolute atomic E-state index is 0.174. The van der Waals surface area contributed by atoms with Crippen molar-refractivity contribution in [2.75, 3.05) is 0 Å². The first-order valence-electron chi connectivity index (χ1n) is 6.49. The average Bonchev–Trinajstić information content (AvgIpc) is 2.45. The van der Waals surface area contributed by atoms with Crippen molar-refractivity contribution in [3.63, 3.8) is 0 Å². The summed E-state index contributed by atoms with van der Waals surface area (Å²) < 4.78 is 37.7. The molecule has 21 heavy (non-hydrogen) atoms. The van der Waals surface area contributed by atoms with Crippen LogP contribution in [0.4, 0.5) is 13.2 Å². The number of aromatic nitrogens is 1. The number of carbonyl (C=O) groups is 1. The van der Waals surface area contributed by atoms with Gasteiger partial charge in [-0.3, -0.25) is 9.78 Å². The number of Topliss-reactive ketones (excluding diaryl/α,β-unsaturated/α-hetero) is 1. The number of rotatable bonds is 4. The van der Waals surface area contributed by atoms with E-state index in [2.05, 4.69) is 4.98 Å². The standard InChI is InChI=1S/C16H14F3NO/c1-11-10-12(16(17,18)19)5-7-14(11)15(21)8-6-13-4-2-3-9-20-13/h2-5,7,9-10H,6,8H2,1H3. The van der Waals surface area contributed by atoms with E-state index in [0.29, 0.717) is 17.5 Å². The maximum atomic E-state index is 12.6. The summed E-state index contributed by atoms with van der Waals surface area (Å²) >= 11 is 0. The lowest BCUT2D eigenvalue weighted by Crippen LogP contribution is -2.09. The van der Waals surface area contributed by atoms with Gasteiger partial charge in [-0.25, -0.2) is 0 Å². The van der Waals surface area contributed by atoms with Crippen LogP contribution in [0.1, 0.15) is 33.6 Å². The van der Waals surface area contributed by atoms with E-state index in [1.165, 1.54) is 13.0 Å². The largest absolute Gasteiger partial charge is 0.416 e. The number of benzene rings is 1. The number of hydrogen-bond donors (Lipinski definition) is 0. The number of pyridine rings is 1. The van der Waals surface area contributed by atoms with Crippen LogP contribution >= 0.6 is 0 Å². The van der Waals surface area contributed by atoms with Gasteiger partial charge in [-0.05, 0) is 43.2 Å². The van der Waals surface area contributed by atoms with Gasteiger partial charge in [0.15, 0.2) is 5.78 Å². The molecule has 2 rings (SSSR count). The molecule has 1 aromatic heterocycles. The van der Waals surface area contributed by atoms with Crippen molar-refractivity contribution in [2.24, 2.45) is 0 Å². The molecule has 1 heterocycles. The van der Waals surface area contributed by atoms with E-state index in [4.69, 9.17) is 0 Å². The topological polar surface area (TPSA) is 30.0 Å². The molecule has 0 fully saturated rings. The zero-order valence-corrected chi connectivity index (χ0v) is 11.4. The van der Waals surface area contributed by atoms with E-state index < -0.39 is 11.7 Å². The molecule has 0 saturated heterocycles. The lowest BCUT2D eigenvalue weighted by Gasteiger charge is -2.10. The first kappa shape index (κ1) is 15.2. The van der Waals surface area contributed by atoms with Gasteiger partial charge in [-0.15, -0.1) is 0 Å². The second kappa shape index (κ2) is 6.08. The quantitative estimate of drug-likeness (QED) is 0.790. The molecule has 0 aliphatic carbocycles. The van der Waals surface area contributed by atoms with Crippen molar-refractivity contribution in [1.29, 1.82) is 0 Å². The normalized spacial score (nSPS) is 11.4. The molecular formula is C16H14F3NO. The number of halogens is 3. The first-order valence-corrected chi connectivity index (χ1v) is 6.49. The maximum Gasteiger partial charge on any atom is 0.416 e. The maximum absolute atomic E-state index is 12.6. The van der Waals surface area contributed by atoms with Crippen molar-refractivity contribution in [2.45, 2.75) is 25.9 Å². The SMILES string of the molecule is Cc1cc(C(F)(F)F)ccc1C(=O)CCc1ccccn1. The van der Waals surface area contributed by atoms with E-state index in [1.54, 1.807) is 12.3 Å². The fraction of sp³-hybridized carbons (Fsp3) is 0.250. The van der Waals surface area contributed by atoms with Gasteiger partial charge in [0, 0.05) is 23.9 Å². The zero-order valence-electron chi connectivity index (χ0n) is 11.4. The Hall–Kier alpha value is -2.17. The Labute approximate surface area is 120 Å². The third-order valence-electron chi connectivity index (χ3n) is 3.19. The van der Waals surface area contributed by atoms with Gasteiger partial charge in [0.2, 0.25) is 0 Å². The van der Waals surface area contributed by atoms with Crippen LogP contribution in [0.25, 0.3) is 0 Å². The summed E-state index contributed by atoms with van der Waals surface area (Å²) in [5.41, 5.74) is 0.728. The molecule has 0 amide bonds. The number of hydrogen-bond acceptors (Lipinski definition) is 2. The van der Waals surface area contributed by atoms with Gasteiger partial charge in [0.1, 0.15) is 0 Å². The van der Waals surface area contributed by atoms with Crippen LogP contribution in [0.5, 0.6) is 0 Å². The van der Waals surface area contributed by atoms with E-state index in [9.17, 15) is 18.0 Å². The van der Waals surface area contributed by atoms with E-state index >= 15 is 0 Å². The van der Waals surface area contributed by atoms with Crippen LogP contribution in [0.15, 0.2) is 42.6 Å². The summed E-state index contributed by atoms with van der Waals surface area (Å²) in [6, 6.07) is 8.63. The van der Waals surface area contributed by atoms with Crippen LogP contribution in [0.3, 0.4) is 0 Å². The summed E-state index contributed by atoms with van der Waals surface area (Å²) in [5.74, 6) is -0.174. The highest BCUT2D eigenvalue weighted by Gasteiger charge is 2.30. The molecule has 5 heteroatoms. The fourth-order valence-electron chi connectivity index (χ4n) is 2.08. The van der Waals surface area contributed by atoms with Crippen LogP contribution in [-0.2, 0) is 12.6 Å². The highest BCUT2D eigenvalue weighted by molar-refractivity contribution is 5.97. The summed E-state index contributed by atoms with van der Waals surface area (Å²) in [5, 5.41) is 0. The monoisotopic (exact) mass is 293 g/mol. The lowest BCUT2D eigenvalue weighted by molar-refractivity contribution is -0.137. The summed E-state index contributed by atoms with van der Waals surface area (Å²) in [7, 11) is 0. The van der Waals surface area contributed by atoms with Gasteiger partial charge in [-0.2, -0.15) is 13.2 Å². The smallest absolute Gasteiger partial charge is 0.294 e. The Kier molecular flexibility index (Phi) is 4.40. The number of carbonyl (C=O) groups excluding carboxylic acids is 1. The predicted molar refractivity (Wildman–Crippen MR) is 73.1 cm³/mol. The number of ketones is 1. The zero-order chi connectivity index (χ0) is 15.5. The van der Waals surface area contributed by atoms with Gasteiger partial charge >= 0.3 is 6.18 Å². The molecule has 0 N–H and O–H groups in total. The molecule has 0 aliphatic heterocycles. The summed E-state index contributed by atoms with van der Waals surface area (Å²) in [6.07, 6.45) is -2.05. The third kappa shape index (κ3) is 3.90. The molecule has 0 aliphatic rings. The van der Waals surface area contributed by atoms with Gasteiger partial charge in [0.25, 0.3) is 0 Å². The highest BCUT2D eigenvalue weighted by Crippen LogP contribution is 2.30. The number of alkyl halides is 3. The van der Waals surface area contributed by atoms with Crippen molar-refractivity contribution in [1.82, 2.24) is 4.98 Å². The predicted octanol–water partition coefficient (Wildman–Crippen LogP) is 4.22. The average molecular weight is 293 g/mol. The van der Waals surface area contributed by atoms with Crippen LogP contribution in [0, 0.1) is 6.92 Å². The third-order valence-corrected chi connectivity index (χ3v) is 3.19. The summed E-state index contributed by atoms with van der Waals surface area (Å²) in [6.45, 7) is 1.52. The minimum atomic E-state index is -4.39. The molecule has 2 aromatic rings. The summed E-state index contributed by atoms with van der Waals surface area (Å²) in [4.78, 5) is 16.2. The van der Waals surface area contributed by atoms with Crippen molar-refractivity contribution in [3.8, 4) is 0 Å². The molecule has 0 radical (unpaired) electrons. The molecule has 0 unspecified atom stereocenters. The Morgan fingerprint density at radius 2 is 1.95 bits per heavy atom. The molecule has 0 spiro atoms.